The molecule has 0 aliphatic carbocycles. The predicted octanol–water partition coefficient (Wildman–Crippen LogP) is 0.471. The van der Waals surface area contributed by atoms with Crippen LogP contribution in [-0.4, -0.2) is 38.5 Å². The lowest BCUT2D eigenvalue weighted by Crippen LogP contribution is -2.25. The van der Waals surface area contributed by atoms with Gasteiger partial charge in [-0.3, -0.25) is 10.1 Å². The number of rotatable bonds is 2. The lowest BCUT2D eigenvalue weighted by Gasteiger charge is -2.08. The maximum absolute atomic E-state index is 12.0. The summed E-state index contributed by atoms with van der Waals surface area (Å²) in [5, 5.41) is 15.6. The second kappa shape index (κ2) is 4.57. The maximum Gasteiger partial charge on any atom is 0.249 e. The minimum atomic E-state index is -0.175. The fourth-order valence-corrected chi connectivity index (χ4v) is 2.16. The third-order valence-corrected chi connectivity index (χ3v) is 3.18. The van der Waals surface area contributed by atoms with Gasteiger partial charge >= 0.3 is 0 Å². The first kappa shape index (κ1) is 11.5. The minimum absolute atomic E-state index is 0.131. The maximum atomic E-state index is 12.0. The van der Waals surface area contributed by atoms with Gasteiger partial charge in [0.1, 0.15) is 0 Å². The van der Waals surface area contributed by atoms with Crippen LogP contribution in [0.1, 0.15) is 6.42 Å². The van der Waals surface area contributed by atoms with Crippen LogP contribution < -0.4 is 5.32 Å². The quantitative estimate of drug-likeness (QED) is 0.789. The number of aromatic nitrogens is 3. The van der Waals surface area contributed by atoms with Crippen molar-refractivity contribution in [2.45, 2.75) is 6.42 Å². The van der Waals surface area contributed by atoms with Crippen LogP contribution in [-0.2, 0) is 4.79 Å². The van der Waals surface area contributed by atoms with E-state index in [0.29, 0.717) is 31.1 Å². The topological polar surface area (TPSA) is 86.3 Å². The Morgan fingerprint density at radius 1 is 1.53 bits per heavy atom. The van der Waals surface area contributed by atoms with Gasteiger partial charge in [0.25, 0.3) is 0 Å². The summed E-state index contributed by atoms with van der Waals surface area (Å²) >= 11 is 0. The molecule has 0 bridgehead atoms. The van der Waals surface area contributed by atoms with E-state index < -0.39 is 0 Å². The van der Waals surface area contributed by atoms with Crippen LogP contribution in [0.25, 0.3) is 5.65 Å². The van der Waals surface area contributed by atoms with E-state index in [9.17, 15) is 4.79 Å². The number of carbonyl (C=O) groups is 1. The van der Waals surface area contributed by atoms with Crippen molar-refractivity contribution in [3.8, 4) is 6.19 Å². The number of hydrogen-bond donors (Lipinski definition) is 1. The molecule has 0 radical (unpaired) electrons. The molecule has 0 spiro atoms. The largest absolute Gasteiger partial charge is 0.310 e. The summed E-state index contributed by atoms with van der Waals surface area (Å²) in [6.07, 6.45) is 4.51. The number of anilines is 1. The molecule has 1 N–H and O–H groups in total. The van der Waals surface area contributed by atoms with E-state index in [2.05, 4.69) is 21.6 Å². The zero-order valence-electron chi connectivity index (χ0n) is 10.2. The lowest BCUT2D eigenvalue weighted by atomic mass is 10.1. The van der Waals surface area contributed by atoms with Gasteiger partial charge in [0.05, 0.1) is 5.92 Å². The summed E-state index contributed by atoms with van der Waals surface area (Å²) in [4.78, 5) is 17.8. The smallest absolute Gasteiger partial charge is 0.249 e. The molecule has 3 heterocycles. The van der Waals surface area contributed by atoms with Crippen molar-refractivity contribution in [3.63, 3.8) is 0 Å². The molecule has 1 saturated heterocycles. The second-order valence-corrected chi connectivity index (χ2v) is 4.46. The fourth-order valence-electron chi connectivity index (χ4n) is 2.16. The highest BCUT2D eigenvalue weighted by molar-refractivity contribution is 5.91. The van der Waals surface area contributed by atoms with Gasteiger partial charge in [-0.2, -0.15) is 10.2 Å². The van der Waals surface area contributed by atoms with E-state index in [0.717, 1.165) is 0 Å². The van der Waals surface area contributed by atoms with Gasteiger partial charge in [-0.25, -0.2) is 4.52 Å². The fraction of sp³-hybridized carbons (Fsp3) is 0.333. The number of likely N-dealkylation sites (tertiary alicyclic amines) is 1. The molecule has 0 aromatic carbocycles. The molecular weight excluding hydrogens is 244 g/mol. The van der Waals surface area contributed by atoms with Crippen LogP contribution in [0.4, 0.5) is 5.95 Å². The molecule has 1 aliphatic heterocycles. The molecule has 1 unspecified atom stereocenters. The summed E-state index contributed by atoms with van der Waals surface area (Å²) in [6, 6.07) is 5.52. The summed E-state index contributed by atoms with van der Waals surface area (Å²) in [7, 11) is 0. The minimum Gasteiger partial charge on any atom is -0.310 e. The number of pyridine rings is 1. The van der Waals surface area contributed by atoms with Crippen LogP contribution in [0, 0.1) is 17.4 Å². The second-order valence-electron chi connectivity index (χ2n) is 4.46. The Balaban J connectivity index is 1.71. The van der Waals surface area contributed by atoms with Crippen molar-refractivity contribution >= 4 is 17.5 Å². The van der Waals surface area contributed by atoms with E-state index in [-0.39, 0.29) is 11.8 Å². The molecular formula is C12H12N6O. The van der Waals surface area contributed by atoms with Gasteiger partial charge in [-0.1, -0.05) is 6.07 Å². The molecule has 1 atom stereocenters. The number of nitrogens with zero attached hydrogens (tertiary/aromatic N) is 5. The highest BCUT2D eigenvalue weighted by Gasteiger charge is 2.28. The number of nitrogens with one attached hydrogen (secondary N) is 1. The number of fused-ring (bicyclic) bond motifs is 1. The normalized spacial score (nSPS) is 18.5. The Morgan fingerprint density at radius 2 is 2.42 bits per heavy atom. The van der Waals surface area contributed by atoms with E-state index in [1.165, 1.54) is 0 Å². The molecule has 1 amide bonds. The molecule has 7 heteroatoms. The molecule has 3 rings (SSSR count). The summed E-state index contributed by atoms with van der Waals surface area (Å²) in [5.41, 5.74) is 0.683. The summed E-state index contributed by atoms with van der Waals surface area (Å²) in [6.45, 7) is 1.10. The molecule has 0 saturated carbocycles. The standard InChI is InChI=1S/C12H12N6O/c13-8-17-6-4-9(7-17)11(19)15-12-14-10-3-1-2-5-18(10)16-12/h1-3,5,9H,4,6-7H2,(H,15,16,19). The van der Waals surface area contributed by atoms with Crippen molar-refractivity contribution < 1.29 is 4.79 Å². The summed E-state index contributed by atoms with van der Waals surface area (Å²) in [5.74, 6) is -0.00785. The van der Waals surface area contributed by atoms with Crippen LogP contribution in [0.3, 0.4) is 0 Å². The highest BCUT2D eigenvalue weighted by Crippen LogP contribution is 2.17. The number of amides is 1. The van der Waals surface area contributed by atoms with Gasteiger partial charge in [0.2, 0.25) is 11.9 Å². The molecule has 1 fully saturated rings. The zero-order chi connectivity index (χ0) is 13.2. The van der Waals surface area contributed by atoms with Gasteiger partial charge in [0.15, 0.2) is 11.8 Å². The molecule has 7 nitrogen and oxygen atoms in total. The summed E-state index contributed by atoms with van der Waals surface area (Å²) < 4.78 is 1.60. The first-order valence-corrected chi connectivity index (χ1v) is 6.03. The SMILES string of the molecule is N#CN1CCC(C(=O)Nc2nc3ccccn3n2)C1. The Kier molecular flexibility index (Phi) is 2.76. The molecule has 2 aromatic rings. The first-order chi connectivity index (χ1) is 9.26. The van der Waals surface area contributed by atoms with Crippen molar-refractivity contribution in [2.24, 2.45) is 5.92 Å². The lowest BCUT2D eigenvalue weighted by molar-refractivity contribution is -0.119. The van der Waals surface area contributed by atoms with Crippen LogP contribution in [0.5, 0.6) is 0 Å². The van der Waals surface area contributed by atoms with Crippen LogP contribution >= 0.6 is 0 Å². The van der Waals surface area contributed by atoms with Crippen molar-refractivity contribution in [1.29, 1.82) is 5.26 Å². The Labute approximate surface area is 109 Å². The monoisotopic (exact) mass is 256 g/mol. The van der Waals surface area contributed by atoms with Crippen LogP contribution in [0.15, 0.2) is 24.4 Å². The van der Waals surface area contributed by atoms with Gasteiger partial charge < -0.3 is 4.90 Å². The zero-order valence-corrected chi connectivity index (χ0v) is 10.2. The average molecular weight is 256 g/mol. The predicted molar refractivity (Wildman–Crippen MR) is 66.9 cm³/mol. The number of nitriles is 1. The van der Waals surface area contributed by atoms with E-state index in [1.807, 2.05) is 18.2 Å². The van der Waals surface area contributed by atoms with Crippen molar-refractivity contribution in [2.75, 3.05) is 18.4 Å². The van der Waals surface area contributed by atoms with Gasteiger partial charge in [-0.05, 0) is 18.6 Å². The number of carbonyl (C=O) groups excluding carboxylic acids is 1. The third kappa shape index (κ3) is 2.20. The first-order valence-electron chi connectivity index (χ1n) is 6.03. The third-order valence-electron chi connectivity index (χ3n) is 3.18. The molecule has 19 heavy (non-hydrogen) atoms. The Morgan fingerprint density at radius 3 is 3.16 bits per heavy atom. The number of hydrogen-bond acceptors (Lipinski definition) is 5. The van der Waals surface area contributed by atoms with E-state index in [1.54, 1.807) is 15.6 Å². The van der Waals surface area contributed by atoms with Crippen molar-refractivity contribution in [1.82, 2.24) is 19.5 Å². The molecule has 1 aliphatic rings. The van der Waals surface area contributed by atoms with Crippen LogP contribution in [0.2, 0.25) is 0 Å². The average Bonchev–Trinajstić information content (AvgIpc) is 3.04. The van der Waals surface area contributed by atoms with E-state index >= 15 is 0 Å². The Bertz CT molecular complexity index is 625. The highest BCUT2D eigenvalue weighted by atomic mass is 16.2. The van der Waals surface area contributed by atoms with E-state index in [4.69, 9.17) is 5.26 Å². The van der Waals surface area contributed by atoms with Crippen molar-refractivity contribution in [3.05, 3.63) is 24.4 Å². The molecule has 2 aromatic heterocycles. The van der Waals surface area contributed by atoms with Gasteiger partial charge in [-0.15, -0.1) is 5.10 Å². The Hall–Kier alpha value is -2.62. The van der Waals surface area contributed by atoms with Gasteiger partial charge in [0, 0.05) is 19.3 Å². The molecule has 96 valence electrons.